The van der Waals surface area contributed by atoms with Crippen LogP contribution in [0.2, 0.25) is 0 Å². The highest BCUT2D eigenvalue weighted by Gasteiger charge is 2.28. The molecule has 1 unspecified atom stereocenters. The molecule has 2 heterocycles. The molecule has 1 aliphatic heterocycles. The van der Waals surface area contributed by atoms with Crippen molar-refractivity contribution in [3.8, 4) is 5.75 Å². The second kappa shape index (κ2) is 5.44. The van der Waals surface area contributed by atoms with Gasteiger partial charge in [0.2, 0.25) is 5.91 Å². The molecule has 1 amide bonds. The number of benzene rings is 1. The van der Waals surface area contributed by atoms with E-state index in [4.69, 9.17) is 4.74 Å². The van der Waals surface area contributed by atoms with Gasteiger partial charge in [0, 0.05) is 0 Å². The van der Waals surface area contributed by atoms with Crippen LogP contribution >= 0.6 is 0 Å². The summed E-state index contributed by atoms with van der Waals surface area (Å²) in [5.74, 6) is 1.48. The van der Waals surface area contributed by atoms with Crippen LogP contribution in [0.25, 0.3) is 10.9 Å². The van der Waals surface area contributed by atoms with Crippen molar-refractivity contribution < 1.29 is 9.53 Å². The van der Waals surface area contributed by atoms with Crippen LogP contribution in [0.1, 0.15) is 32.1 Å². The SMILES string of the molecule is COc1ccc2nc3n(c(=O)c2c1)CC(=O)NC3CC(C)C. The van der Waals surface area contributed by atoms with Crippen LogP contribution in [0.5, 0.6) is 5.75 Å². The van der Waals surface area contributed by atoms with Gasteiger partial charge in [-0.25, -0.2) is 4.98 Å². The van der Waals surface area contributed by atoms with E-state index in [-0.39, 0.29) is 24.1 Å². The molecule has 0 radical (unpaired) electrons. The number of amides is 1. The van der Waals surface area contributed by atoms with Crippen LogP contribution in [0.3, 0.4) is 0 Å². The summed E-state index contributed by atoms with van der Waals surface area (Å²) in [5, 5.41) is 3.41. The minimum absolute atomic E-state index is 0.0168. The third-order valence-electron chi connectivity index (χ3n) is 3.85. The van der Waals surface area contributed by atoms with Crippen LogP contribution < -0.4 is 15.6 Å². The van der Waals surface area contributed by atoms with Crippen LogP contribution in [-0.2, 0) is 11.3 Å². The Morgan fingerprint density at radius 2 is 2.18 bits per heavy atom. The van der Waals surface area contributed by atoms with Crippen molar-refractivity contribution in [1.82, 2.24) is 14.9 Å². The molecule has 1 aliphatic rings. The minimum Gasteiger partial charge on any atom is -0.497 e. The zero-order valence-electron chi connectivity index (χ0n) is 12.9. The van der Waals surface area contributed by atoms with Crippen molar-refractivity contribution in [2.75, 3.05) is 7.11 Å². The summed E-state index contributed by atoms with van der Waals surface area (Å²) >= 11 is 0. The Morgan fingerprint density at radius 1 is 1.41 bits per heavy atom. The number of nitrogens with one attached hydrogen (secondary N) is 1. The van der Waals surface area contributed by atoms with E-state index in [1.54, 1.807) is 25.3 Å². The number of methoxy groups -OCH3 is 1. The predicted molar refractivity (Wildman–Crippen MR) is 82.9 cm³/mol. The zero-order valence-corrected chi connectivity index (χ0v) is 12.9. The summed E-state index contributed by atoms with van der Waals surface area (Å²) in [6.45, 7) is 4.17. The fourth-order valence-corrected chi connectivity index (χ4v) is 2.85. The Bertz CT molecular complexity index is 795. The molecule has 0 bridgehead atoms. The monoisotopic (exact) mass is 301 g/mol. The lowest BCUT2D eigenvalue weighted by molar-refractivity contribution is -0.123. The topological polar surface area (TPSA) is 73.2 Å². The number of hydrogen-bond donors (Lipinski definition) is 1. The summed E-state index contributed by atoms with van der Waals surface area (Å²) in [6, 6.07) is 5.01. The Hall–Kier alpha value is -2.37. The van der Waals surface area contributed by atoms with Crippen LogP contribution in [0, 0.1) is 5.92 Å². The van der Waals surface area contributed by atoms with Gasteiger partial charge in [0.05, 0.1) is 24.1 Å². The van der Waals surface area contributed by atoms with Gasteiger partial charge in [0.15, 0.2) is 0 Å². The first-order chi connectivity index (χ1) is 10.5. The number of nitrogens with zero attached hydrogens (tertiary/aromatic N) is 2. The zero-order chi connectivity index (χ0) is 15.9. The summed E-state index contributed by atoms with van der Waals surface area (Å²) in [4.78, 5) is 29.2. The first-order valence-corrected chi connectivity index (χ1v) is 7.37. The quantitative estimate of drug-likeness (QED) is 0.935. The fraction of sp³-hybridized carbons (Fsp3) is 0.438. The number of aromatic nitrogens is 2. The predicted octanol–water partition coefficient (Wildman–Crippen LogP) is 1.62. The van der Waals surface area contributed by atoms with Crippen LogP contribution in [0.4, 0.5) is 0 Å². The lowest BCUT2D eigenvalue weighted by Crippen LogP contribution is -2.44. The molecule has 22 heavy (non-hydrogen) atoms. The summed E-state index contributed by atoms with van der Waals surface area (Å²) < 4.78 is 6.64. The normalized spacial score (nSPS) is 17.5. The smallest absolute Gasteiger partial charge is 0.262 e. The largest absolute Gasteiger partial charge is 0.497 e. The average Bonchev–Trinajstić information content (AvgIpc) is 2.48. The maximum atomic E-state index is 12.7. The highest BCUT2D eigenvalue weighted by Crippen LogP contribution is 2.24. The number of hydrogen-bond acceptors (Lipinski definition) is 4. The average molecular weight is 301 g/mol. The van der Waals surface area contributed by atoms with E-state index in [9.17, 15) is 9.59 Å². The number of rotatable bonds is 3. The van der Waals surface area contributed by atoms with E-state index in [1.165, 1.54) is 4.57 Å². The summed E-state index contributed by atoms with van der Waals surface area (Å²) in [6.07, 6.45) is 0.750. The van der Waals surface area contributed by atoms with Gasteiger partial charge in [-0.3, -0.25) is 14.2 Å². The molecule has 1 atom stereocenters. The van der Waals surface area contributed by atoms with Crippen molar-refractivity contribution in [1.29, 1.82) is 0 Å². The molecular formula is C16H19N3O3. The molecule has 116 valence electrons. The Kier molecular flexibility index (Phi) is 3.60. The molecule has 2 aromatic rings. The minimum atomic E-state index is -0.222. The third kappa shape index (κ3) is 2.45. The number of carbonyl (C=O) groups is 1. The molecule has 3 rings (SSSR count). The van der Waals surface area contributed by atoms with E-state index in [1.807, 2.05) is 0 Å². The van der Waals surface area contributed by atoms with E-state index < -0.39 is 0 Å². The Balaban J connectivity index is 2.21. The highest BCUT2D eigenvalue weighted by atomic mass is 16.5. The maximum Gasteiger partial charge on any atom is 0.262 e. The molecule has 0 fully saturated rings. The van der Waals surface area contributed by atoms with Crippen molar-refractivity contribution in [3.63, 3.8) is 0 Å². The highest BCUT2D eigenvalue weighted by molar-refractivity contribution is 5.81. The first-order valence-electron chi connectivity index (χ1n) is 7.37. The molecule has 0 aliphatic carbocycles. The van der Waals surface area contributed by atoms with E-state index in [2.05, 4.69) is 24.1 Å². The molecule has 0 saturated carbocycles. The van der Waals surface area contributed by atoms with Gasteiger partial charge in [-0.1, -0.05) is 13.8 Å². The Morgan fingerprint density at radius 3 is 2.86 bits per heavy atom. The van der Waals surface area contributed by atoms with E-state index in [0.29, 0.717) is 28.4 Å². The van der Waals surface area contributed by atoms with Gasteiger partial charge in [0.25, 0.3) is 5.56 Å². The molecule has 0 spiro atoms. The van der Waals surface area contributed by atoms with Crippen molar-refractivity contribution in [2.45, 2.75) is 32.9 Å². The van der Waals surface area contributed by atoms with Gasteiger partial charge in [-0.15, -0.1) is 0 Å². The van der Waals surface area contributed by atoms with Gasteiger partial charge in [-0.05, 0) is 30.5 Å². The molecule has 1 N–H and O–H groups in total. The summed E-state index contributed by atoms with van der Waals surface area (Å²) in [5.41, 5.74) is 0.435. The van der Waals surface area contributed by atoms with Crippen molar-refractivity contribution in [3.05, 3.63) is 34.4 Å². The molecule has 6 nitrogen and oxygen atoms in total. The standard InChI is InChI=1S/C16H19N3O3/c1-9(2)6-13-15-18-12-5-4-10(22-3)7-11(12)16(21)19(15)8-14(20)17-13/h4-5,7,9,13H,6,8H2,1-3H3,(H,17,20). The number of carbonyl (C=O) groups excluding carboxylic acids is 1. The summed E-state index contributed by atoms with van der Waals surface area (Å²) in [7, 11) is 1.55. The van der Waals surface area contributed by atoms with Gasteiger partial charge in [0.1, 0.15) is 18.1 Å². The first kappa shape index (κ1) is 14.6. The third-order valence-corrected chi connectivity index (χ3v) is 3.85. The molecule has 1 aromatic heterocycles. The van der Waals surface area contributed by atoms with Crippen LogP contribution in [0.15, 0.2) is 23.0 Å². The van der Waals surface area contributed by atoms with Gasteiger partial charge < -0.3 is 10.1 Å². The fourth-order valence-electron chi connectivity index (χ4n) is 2.85. The Labute approximate surface area is 128 Å². The molecule has 0 saturated heterocycles. The lowest BCUT2D eigenvalue weighted by Gasteiger charge is -2.28. The van der Waals surface area contributed by atoms with Crippen molar-refractivity contribution >= 4 is 16.8 Å². The molecule has 1 aromatic carbocycles. The lowest BCUT2D eigenvalue weighted by atomic mass is 10.0. The molecule has 6 heteroatoms. The van der Waals surface area contributed by atoms with Gasteiger partial charge >= 0.3 is 0 Å². The molecular weight excluding hydrogens is 282 g/mol. The van der Waals surface area contributed by atoms with Crippen LogP contribution in [-0.4, -0.2) is 22.6 Å². The number of ether oxygens (including phenoxy) is 1. The second-order valence-corrected chi connectivity index (χ2v) is 5.99. The maximum absolute atomic E-state index is 12.7. The van der Waals surface area contributed by atoms with E-state index >= 15 is 0 Å². The second-order valence-electron chi connectivity index (χ2n) is 5.99. The van der Waals surface area contributed by atoms with Gasteiger partial charge in [-0.2, -0.15) is 0 Å². The number of fused-ring (bicyclic) bond motifs is 2. The van der Waals surface area contributed by atoms with E-state index in [0.717, 1.165) is 6.42 Å². The van der Waals surface area contributed by atoms with Crippen molar-refractivity contribution in [2.24, 2.45) is 5.92 Å².